The highest BCUT2D eigenvalue weighted by molar-refractivity contribution is 5.92. The first-order valence-electron chi connectivity index (χ1n) is 9.55. The van der Waals surface area contributed by atoms with E-state index in [0.29, 0.717) is 11.6 Å². The van der Waals surface area contributed by atoms with E-state index in [-0.39, 0.29) is 0 Å². The number of alkyl halides is 3. The zero-order chi connectivity index (χ0) is 18.9. The third-order valence-electron chi connectivity index (χ3n) is 5.63. The van der Waals surface area contributed by atoms with E-state index < -0.39 is 11.7 Å². The Kier molecular flexibility index (Phi) is 5.23. The molecule has 7 heteroatoms. The van der Waals surface area contributed by atoms with E-state index >= 15 is 0 Å². The summed E-state index contributed by atoms with van der Waals surface area (Å²) < 4.78 is 44.4. The number of fused-ring (bicyclic) bond motifs is 1. The van der Waals surface area contributed by atoms with Crippen LogP contribution in [0.2, 0.25) is 0 Å². The van der Waals surface area contributed by atoms with Crippen LogP contribution in [-0.4, -0.2) is 55.3 Å². The number of hydrogen-bond donors (Lipinski definition) is 0. The summed E-state index contributed by atoms with van der Waals surface area (Å²) in [5, 5.41) is 0.782. The first kappa shape index (κ1) is 18.5. The lowest BCUT2D eigenvalue weighted by molar-refractivity contribution is -0.137. The number of nitrogens with zero attached hydrogens (tertiary/aromatic N) is 3. The van der Waals surface area contributed by atoms with Crippen LogP contribution < -0.4 is 4.90 Å². The van der Waals surface area contributed by atoms with E-state index in [9.17, 15) is 13.2 Å². The highest BCUT2D eigenvalue weighted by atomic mass is 19.4. The van der Waals surface area contributed by atoms with Crippen LogP contribution in [0.1, 0.15) is 24.8 Å². The van der Waals surface area contributed by atoms with Crippen molar-refractivity contribution in [2.75, 3.05) is 44.3 Å². The third-order valence-corrected chi connectivity index (χ3v) is 5.63. The molecule has 2 aliphatic rings. The minimum Gasteiger partial charge on any atom is -0.381 e. The van der Waals surface area contributed by atoms with Crippen LogP contribution in [0.3, 0.4) is 0 Å². The average Bonchev–Trinajstić information content (AvgIpc) is 2.93. The van der Waals surface area contributed by atoms with Crippen LogP contribution in [0.15, 0.2) is 30.5 Å². The van der Waals surface area contributed by atoms with Crippen molar-refractivity contribution in [1.82, 2.24) is 9.88 Å². The first-order chi connectivity index (χ1) is 13.0. The number of halogens is 3. The fourth-order valence-electron chi connectivity index (χ4n) is 4.18. The van der Waals surface area contributed by atoms with E-state index in [4.69, 9.17) is 4.74 Å². The lowest BCUT2D eigenvalue weighted by Gasteiger charge is -2.33. The fourth-order valence-corrected chi connectivity index (χ4v) is 4.18. The predicted molar refractivity (Wildman–Crippen MR) is 99.0 cm³/mol. The number of aromatic nitrogens is 1. The minimum atomic E-state index is -4.35. The summed E-state index contributed by atoms with van der Waals surface area (Å²) in [6.07, 6.45) is 0.469. The van der Waals surface area contributed by atoms with Crippen LogP contribution in [0.25, 0.3) is 10.9 Å². The number of rotatable bonds is 2. The van der Waals surface area contributed by atoms with Gasteiger partial charge in [-0.3, -0.25) is 9.88 Å². The molecule has 4 nitrogen and oxygen atoms in total. The van der Waals surface area contributed by atoms with Gasteiger partial charge in [-0.25, -0.2) is 0 Å². The Labute approximate surface area is 156 Å². The molecule has 0 amide bonds. The number of anilines is 1. The Balaban J connectivity index is 1.55. The van der Waals surface area contributed by atoms with E-state index in [2.05, 4.69) is 14.8 Å². The van der Waals surface area contributed by atoms with Gasteiger partial charge in [0, 0.05) is 62.7 Å². The highest BCUT2D eigenvalue weighted by Gasteiger charge is 2.31. The van der Waals surface area contributed by atoms with Gasteiger partial charge in [-0.15, -0.1) is 0 Å². The Morgan fingerprint density at radius 1 is 1.00 bits per heavy atom. The van der Waals surface area contributed by atoms with Gasteiger partial charge in [0.15, 0.2) is 0 Å². The molecule has 0 bridgehead atoms. The fraction of sp³-hybridized carbons (Fsp3) is 0.550. The van der Waals surface area contributed by atoms with Crippen LogP contribution in [0, 0.1) is 0 Å². The van der Waals surface area contributed by atoms with Gasteiger partial charge < -0.3 is 9.64 Å². The van der Waals surface area contributed by atoms with E-state index in [0.717, 1.165) is 81.9 Å². The van der Waals surface area contributed by atoms with Gasteiger partial charge >= 0.3 is 6.18 Å². The molecule has 2 saturated heterocycles. The molecule has 1 aromatic carbocycles. The van der Waals surface area contributed by atoms with Crippen LogP contribution in [0.4, 0.5) is 18.9 Å². The van der Waals surface area contributed by atoms with Gasteiger partial charge in [0.1, 0.15) is 0 Å². The molecule has 3 heterocycles. The molecule has 2 aliphatic heterocycles. The van der Waals surface area contributed by atoms with Gasteiger partial charge in [-0.05, 0) is 37.5 Å². The van der Waals surface area contributed by atoms with Gasteiger partial charge in [0.25, 0.3) is 0 Å². The molecule has 0 radical (unpaired) electrons. The monoisotopic (exact) mass is 379 g/mol. The predicted octanol–water partition coefficient (Wildman–Crippen LogP) is 3.94. The maximum atomic E-state index is 13.0. The van der Waals surface area contributed by atoms with Crippen molar-refractivity contribution in [3.05, 3.63) is 36.0 Å². The summed E-state index contributed by atoms with van der Waals surface area (Å²) in [6, 6.07) is 6.36. The summed E-state index contributed by atoms with van der Waals surface area (Å²) in [7, 11) is 0. The maximum Gasteiger partial charge on any atom is 0.416 e. The number of pyridine rings is 1. The SMILES string of the molecule is FC(F)(F)c1ccc2c(N3CCCN(C4CCOCC4)CC3)ccnc2c1. The standard InChI is InChI=1S/C20H24F3N3O/c21-20(22,23)15-2-3-17-18(14-15)24-7-4-19(17)26-9-1-8-25(10-11-26)16-5-12-27-13-6-16/h2-4,7,14,16H,1,5-6,8-13H2. The van der Waals surface area contributed by atoms with Crippen molar-refractivity contribution >= 4 is 16.6 Å². The second-order valence-corrected chi connectivity index (χ2v) is 7.28. The minimum absolute atomic E-state index is 0.396. The summed E-state index contributed by atoms with van der Waals surface area (Å²) in [5.74, 6) is 0. The smallest absolute Gasteiger partial charge is 0.381 e. The van der Waals surface area contributed by atoms with E-state index in [1.54, 1.807) is 12.3 Å². The quantitative estimate of drug-likeness (QED) is 0.790. The summed E-state index contributed by atoms with van der Waals surface area (Å²) in [4.78, 5) is 9.01. The van der Waals surface area contributed by atoms with Gasteiger partial charge in [-0.2, -0.15) is 13.2 Å². The summed E-state index contributed by atoms with van der Waals surface area (Å²) in [5.41, 5.74) is 0.719. The zero-order valence-electron chi connectivity index (χ0n) is 15.2. The van der Waals surface area contributed by atoms with Crippen molar-refractivity contribution in [1.29, 1.82) is 0 Å². The second kappa shape index (κ2) is 7.64. The number of hydrogen-bond acceptors (Lipinski definition) is 4. The molecule has 2 fully saturated rings. The topological polar surface area (TPSA) is 28.6 Å². The zero-order valence-corrected chi connectivity index (χ0v) is 15.2. The number of benzene rings is 1. The van der Waals surface area contributed by atoms with Crippen molar-refractivity contribution < 1.29 is 17.9 Å². The molecule has 0 atom stereocenters. The Morgan fingerprint density at radius 3 is 2.59 bits per heavy atom. The lowest BCUT2D eigenvalue weighted by Crippen LogP contribution is -2.41. The highest BCUT2D eigenvalue weighted by Crippen LogP contribution is 2.34. The molecule has 0 spiro atoms. The molecular weight excluding hydrogens is 355 g/mol. The Hall–Kier alpha value is -1.86. The molecule has 146 valence electrons. The van der Waals surface area contributed by atoms with Crippen LogP contribution >= 0.6 is 0 Å². The van der Waals surface area contributed by atoms with Crippen molar-refractivity contribution in [3.63, 3.8) is 0 Å². The number of ether oxygens (including phenoxy) is 1. The third kappa shape index (κ3) is 4.04. The van der Waals surface area contributed by atoms with Crippen LogP contribution in [0.5, 0.6) is 0 Å². The first-order valence-corrected chi connectivity index (χ1v) is 9.55. The molecule has 27 heavy (non-hydrogen) atoms. The Morgan fingerprint density at radius 2 is 1.81 bits per heavy atom. The summed E-state index contributed by atoms with van der Waals surface area (Å²) >= 11 is 0. The van der Waals surface area contributed by atoms with Crippen LogP contribution in [-0.2, 0) is 10.9 Å². The normalized spacial score (nSPS) is 20.8. The average molecular weight is 379 g/mol. The van der Waals surface area contributed by atoms with Gasteiger partial charge in [-0.1, -0.05) is 6.07 Å². The van der Waals surface area contributed by atoms with Crippen molar-refractivity contribution in [3.8, 4) is 0 Å². The van der Waals surface area contributed by atoms with Crippen molar-refractivity contribution in [2.45, 2.75) is 31.5 Å². The summed E-state index contributed by atoms with van der Waals surface area (Å²) in [6.45, 7) is 5.47. The van der Waals surface area contributed by atoms with Crippen molar-refractivity contribution in [2.24, 2.45) is 0 Å². The second-order valence-electron chi connectivity index (χ2n) is 7.28. The molecule has 0 aliphatic carbocycles. The molecular formula is C20H24F3N3O. The largest absolute Gasteiger partial charge is 0.416 e. The maximum absolute atomic E-state index is 13.0. The molecule has 0 saturated carbocycles. The van der Waals surface area contributed by atoms with E-state index in [1.165, 1.54) is 0 Å². The van der Waals surface area contributed by atoms with Gasteiger partial charge in [0.2, 0.25) is 0 Å². The van der Waals surface area contributed by atoms with E-state index in [1.807, 2.05) is 6.07 Å². The molecule has 0 N–H and O–H groups in total. The molecule has 2 aromatic rings. The molecule has 0 unspecified atom stereocenters. The molecule has 1 aromatic heterocycles. The van der Waals surface area contributed by atoms with Gasteiger partial charge in [0.05, 0.1) is 11.1 Å². The Bertz CT molecular complexity index is 790. The lowest BCUT2D eigenvalue weighted by atomic mass is 10.1. The molecule has 4 rings (SSSR count).